The van der Waals surface area contributed by atoms with Crippen LogP contribution >= 0.6 is 0 Å². The maximum atomic E-state index is 5.82. The Morgan fingerprint density at radius 1 is 1.42 bits per heavy atom. The van der Waals surface area contributed by atoms with Crippen molar-refractivity contribution in [3.63, 3.8) is 0 Å². The molecule has 2 heteroatoms. The van der Waals surface area contributed by atoms with Crippen LogP contribution in [0.1, 0.15) is 40.0 Å². The molecule has 0 spiro atoms. The van der Waals surface area contributed by atoms with Crippen LogP contribution in [-0.2, 0) is 4.74 Å². The average Bonchev–Trinajstić information content (AvgIpc) is 2.36. The summed E-state index contributed by atoms with van der Waals surface area (Å²) in [5, 5.41) is 0. The fraction of sp³-hybridized carbons (Fsp3) is 1.00. The molecule has 1 heterocycles. The summed E-state index contributed by atoms with van der Waals surface area (Å²) in [7, 11) is 0. The monoisotopic (exact) mass is 171 g/mol. The van der Waals surface area contributed by atoms with Gasteiger partial charge in [-0.15, -0.1) is 0 Å². The first-order valence-corrected chi connectivity index (χ1v) is 4.92. The van der Waals surface area contributed by atoms with Crippen LogP contribution in [0.2, 0.25) is 0 Å². The smallest absolute Gasteiger partial charge is 0.0631 e. The third-order valence-electron chi connectivity index (χ3n) is 2.89. The van der Waals surface area contributed by atoms with Crippen LogP contribution in [0.5, 0.6) is 0 Å². The highest BCUT2D eigenvalue weighted by molar-refractivity contribution is 4.84. The lowest BCUT2D eigenvalue weighted by Crippen LogP contribution is -2.31. The van der Waals surface area contributed by atoms with Crippen molar-refractivity contribution in [1.82, 2.24) is 0 Å². The Morgan fingerprint density at radius 2 is 2.08 bits per heavy atom. The Balaban J connectivity index is 2.45. The fourth-order valence-corrected chi connectivity index (χ4v) is 1.91. The number of ether oxygens (including phenoxy) is 1. The lowest BCUT2D eigenvalue weighted by atomic mass is 9.82. The molecule has 2 nitrogen and oxygen atoms in total. The van der Waals surface area contributed by atoms with Crippen LogP contribution in [0, 0.1) is 5.41 Å². The molecule has 0 amide bonds. The second-order valence-corrected chi connectivity index (χ2v) is 4.54. The van der Waals surface area contributed by atoms with Gasteiger partial charge in [0, 0.05) is 0 Å². The number of hydrogen-bond acceptors (Lipinski definition) is 2. The molecule has 12 heavy (non-hydrogen) atoms. The standard InChI is InChI=1S/C10H21NO/c1-8-4-5-9(12-8)10(2,3)6-7-11/h8-9H,4-7,11H2,1-3H3. The molecule has 0 aliphatic carbocycles. The van der Waals surface area contributed by atoms with Gasteiger partial charge in [-0.2, -0.15) is 0 Å². The van der Waals surface area contributed by atoms with E-state index >= 15 is 0 Å². The molecule has 0 saturated carbocycles. The van der Waals surface area contributed by atoms with E-state index in [1.807, 2.05) is 0 Å². The summed E-state index contributed by atoms with van der Waals surface area (Å²) < 4.78 is 5.82. The highest BCUT2D eigenvalue weighted by Crippen LogP contribution is 2.35. The van der Waals surface area contributed by atoms with E-state index in [1.165, 1.54) is 12.8 Å². The van der Waals surface area contributed by atoms with Gasteiger partial charge in [0.2, 0.25) is 0 Å². The van der Waals surface area contributed by atoms with Gasteiger partial charge in [0.05, 0.1) is 12.2 Å². The molecule has 2 N–H and O–H groups in total. The van der Waals surface area contributed by atoms with Gasteiger partial charge >= 0.3 is 0 Å². The summed E-state index contributed by atoms with van der Waals surface area (Å²) in [6, 6.07) is 0. The van der Waals surface area contributed by atoms with E-state index in [2.05, 4.69) is 20.8 Å². The van der Waals surface area contributed by atoms with Crippen LogP contribution in [0.3, 0.4) is 0 Å². The molecule has 1 rings (SSSR count). The SMILES string of the molecule is CC1CCC(C(C)(C)CCN)O1. The molecule has 2 unspecified atom stereocenters. The molecule has 72 valence electrons. The van der Waals surface area contributed by atoms with Crippen LogP contribution in [0.15, 0.2) is 0 Å². The predicted molar refractivity (Wildman–Crippen MR) is 51.0 cm³/mol. The number of hydrogen-bond donors (Lipinski definition) is 1. The maximum absolute atomic E-state index is 5.82. The maximum Gasteiger partial charge on any atom is 0.0631 e. The lowest BCUT2D eigenvalue weighted by molar-refractivity contribution is -0.0184. The molecule has 0 aromatic rings. The fourth-order valence-electron chi connectivity index (χ4n) is 1.91. The Labute approximate surface area is 75.5 Å². The second kappa shape index (κ2) is 3.75. The molecular weight excluding hydrogens is 150 g/mol. The summed E-state index contributed by atoms with van der Waals surface area (Å²) in [5.41, 5.74) is 5.82. The van der Waals surface area contributed by atoms with Gasteiger partial charge in [-0.25, -0.2) is 0 Å². The first-order valence-electron chi connectivity index (χ1n) is 4.92. The van der Waals surface area contributed by atoms with E-state index < -0.39 is 0 Å². The molecule has 1 aliphatic heterocycles. The summed E-state index contributed by atoms with van der Waals surface area (Å²) in [6.45, 7) is 7.42. The minimum Gasteiger partial charge on any atom is -0.375 e. The molecule has 0 bridgehead atoms. The molecule has 2 atom stereocenters. The first-order chi connectivity index (χ1) is 5.56. The van der Waals surface area contributed by atoms with Gasteiger partial charge in [-0.1, -0.05) is 13.8 Å². The van der Waals surface area contributed by atoms with Crippen molar-refractivity contribution in [2.45, 2.75) is 52.2 Å². The lowest BCUT2D eigenvalue weighted by Gasteiger charge is -2.30. The van der Waals surface area contributed by atoms with Gasteiger partial charge in [0.25, 0.3) is 0 Å². The van der Waals surface area contributed by atoms with Crippen LogP contribution in [-0.4, -0.2) is 18.8 Å². The van der Waals surface area contributed by atoms with Gasteiger partial charge in [-0.3, -0.25) is 0 Å². The van der Waals surface area contributed by atoms with E-state index in [-0.39, 0.29) is 5.41 Å². The van der Waals surface area contributed by atoms with E-state index in [9.17, 15) is 0 Å². The zero-order chi connectivity index (χ0) is 9.19. The summed E-state index contributed by atoms with van der Waals surface area (Å²) in [4.78, 5) is 0. The van der Waals surface area contributed by atoms with Crippen molar-refractivity contribution in [2.75, 3.05) is 6.54 Å². The minimum absolute atomic E-state index is 0.263. The van der Waals surface area contributed by atoms with E-state index in [1.54, 1.807) is 0 Å². The van der Waals surface area contributed by atoms with Crippen LogP contribution in [0.25, 0.3) is 0 Å². The van der Waals surface area contributed by atoms with E-state index in [0.29, 0.717) is 12.2 Å². The summed E-state index contributed by atoms with van der Waals surface area (Å²) >= 11 is 0. The van der Waals surface area contributed by atoms with Crippen molar-refractivity contribution in [3.05, 3.63) is 0 Å². The Hall–Kier alpha value is -0.0800. The zero-order valence-corrected chi connectivity index (χ0v) is 8.47. The third-order valence-corrected chi connectivity index (χ3v) is 2.89. The van der Waals surface area contributed by atoms with Crippen molar-refractivity contribution in [2.24, 2.45) is 11.1 Å². The largest absolute Gasteiger partial charge is 0.375 e. The molecule has 1 saturated heterocycles. The zero-order valence-electron chi connectivity index (χ0n) is 8.47. The quantitative estimate of drug-likeness (QED) is 0.704. The third kappa shape index (κ3) is 2.20. The summed E-state index contributed by atoms with van der Waals surface area (Å²) in [6.07, 6.45) is 4.35. The second-order valence-electron chi connectivity index (χ2n) is 4.54. The van der Waals surface area contributed by atoms with Crippen molar-refractivity contribution < 1.29 is 4.74 Å². The molecule has 1 aliphatic rings. The molecular formula is C10H21NO. The van der Waals surface area contributed by atoms with Gasteiger partial charge in [0.1, 0.15) is 0 Å². The Bertz CT molecular complexity index is 145. The normalized spacial score (nSPS) is 31.0. The Kier molecular flexibility index (Phi) is 3.13. The van der Waals surface area contributed by atoms with Crippen molar-refractivity contribution >= 4 is 0 Å². The van der Waals surface area contributed by atoms with Crippen LogP contribution < -0.4 is 5.73 Å². The predicted octanol–water partition coefficient (Wildman–Crippen LogP) is 1.93. The van der Waals surface area contributed by atoms with Crippen molar-refractivity contribution in [3.8, 4) is 0 Å². The molecule has 0 radical (unpaired) electrons. The van der Waals surface area contributed by atoms with Gasteiger partial charge in [0.15, 0.2) is 0 Å². The van der Waals surface area contributed by atoms with Crippen LogP contribution in [0.4, 0.5) is 0 Å². The molecule has 1 fully saturated rings. The van der Waals surface area contributed by atoms with Crippen molar-refractivity contribution in [1.29, 1.82) is 0 Å². The topological polar surface area (TPSA) is 35.2 Å². The average molecular weight is 171 g/mol. The molecule has 0 aromatic carbocycles. The highest BCUT2D eigenvalue weighted by Gasteiger charge is 2.34. The number of nitrogens with two attached hydrogens (primary N) is 1. The molecule has 0 aromatic heterocycles. The summed E-state index contributed by atoms with van der Waals surface area (Å²) in [5.74, 6) is 0. The first kappa shape index (κ1) is 10.0. The van der Waals surface area contributed by atoms with Gasteiger partial charge in [-0.05, 0) is 38.1 Å². The van der Waals surface area contributed by atoms with E-state index in [0.717, 1.165) is 13.0 Å². The van der Waals surface area contributed by atoms with E-state index in [4.69, 9.17) is 10.5 Å². The van der Waals surface area contributed by atoms with Gasteiger partial charge < -0.3 is 10.5 Å². The highest BCUT2D eigenvalue weighted by atomic mass is 16.5. The minimum atomic E-state index is 0.263. The number of rotatable bonds is 3. The Morgan fingerprint density at radius 3 is 2.50 bits per heavy atom.